The van der Waals surface area contributed by atoms with Crippen molar-refractivity contribution in [1.29, 1.82) is 0 Å². The van der Waals surface area contributed by atoms with Gasteiger partial charge < -0.3 is 25.1 Å². The highest BCUT2D eigenvalue weighted by molar-refractivity contribution is 6.04. The molecule has 3 N–H and O–H groups in total. The van der Waals surface area contributed by atoms with Crippen molar-refractivity contribution in [2.75, 3.05) is 6.61 Å². The molecule has 1 aliphatic heterocycles. The first-order chi connectivity index (χ1) is 22.3. The Morgan fingerprint density at radius 2 is 1.80 bits per heavy atom. The summed E-state index contributed by atoms with van der Waals surface area (Å²) in [6.07, 6.45) is 7.04. The molecular formula is C35H42N6O5. The van der Waals surface area contributed by atoms with Gasteiger partial charge in [-0.05, 0) is 75.0 Å². The van der Waals surface area contributed by atoms with Gasteiger partial charge in [-0.15, -0.1) is 0 Å². The molecular weight excluding hydrogens is 584 g/mol. The number of aromatic nitrogens is 4. The minimum Gasteiger partial charge on any atom is -0.387 e. The molecule has 0 bridgehead atoms. The smallest absolute Gasteiger partial charge is 0.304 e. The van der Waals surface area contributed by atoms with Crippen LogP contribution in [-0.4, -0.2) is 59.9 Å². The maximum Gasteiger partial charge on any atom is 0.304 e. The molecule has 0 spiro atoms. The Hall–Kier alpha value is -4.06. The second-order valence-electron chi connectivity index (χ2n) is 13.0. The van der Waals surface area contributed by atoms with Crippen LogP contribution in [0.1, 0.15) is 92.5 Å². The molecule has 4 aromatic rings. The van der Waals surface area contributed by atoms with E-state index in [0.717, 1.165) is 91.3 Å². The van der Waals surface area contributed by atoms with E-state index in [2.05, 4.69) is 41.7 Å². The third kappa shape index (κ3) is 5.94. The van der Waals surface area contributed by atoms with Crippen molar-refractivity contribution in [3.05, 3.63) is 87.1 Å². The Labute approximate surface area is 267 Å². The van der Waals surface area contributed by atoms with E-state index in [0.29, 0.717) is 30.5 Å². The first kappa shape index (κ1) is 30.6. The third-order valence-corrected chi connectivity index (χ3v) is 9.69. The van der Waals surface area contributed by atoms with Gasteiger partial charge in [0, 0.05) is 23.6 Å². The molecule has 2 aromatic carbocycles. The van der Waals surface area contributed by atoms with Crippen LogP contribution in [0.3, 0.4) is 0 Å². The van der Waals surface area contributed by atoms with Crippen LogP contribution in [-0.2, 0) is 22.4 Å². The molecule has 3 aliphatic rings. The summed E-state index contributed by atoms with van der Waals surface area (Å²) in [5, 5.41) is 31.8. The molecule has 11 nitrogen and oxygen atoms in total. The molecule has 242 valence electrons. The second kappa shape index (κ2) is 12.6. The monoisotopic (exact) mass is 626 g/mol. The highest BCUT2D eigenvalue weighted by Gasteiger charge is 2.36. The number of aliphatic hydroxyl groups excluding tert-OH is 1. The summed E-state index contributed by atoms with van der Waals surface area (Å²) < 4.78 is 9.93. The fraction of sp³-hybridized carbons (Fsp3) is 0.486. The standard InChI is InChI=1S/C35H42N6O5/c1-3-7-30-29(20-23-10-12-24(13-11-23)27-8-4-5-9-28(27)31-37-34(43)46-39-31)32(42)40(33-36-22(2)38-41(30)33)25-14-16-26(17-15-25)45-21-35(44)18-6-19-35/h4-5,8-13,25-26,34,43-44H,3,6-7,14-21H2,1-2H3,(H,37,39)/t25-,26-,34?. The molecule has 0 saturated heterocycles. The van der Waals surface area contributed by atoms with E-state index in [4.69, 9.17) is 19.7 Å². The number of nitrogens with zero attached hydrogens (tertiary/aromatic N) is 5. The van der Waals surface area contributed by atoms with E-state index >= 15 is 0 Å². The zero-order valence-electron chi connectivity index (χ0n) is 26.5. The van der Waals surface area contributed by atoms with E-state index < -0.39 is 12.0 Å². The molecule has 2 aliphatic carbocycles. The summed E-state index contributed by atoms with van der Waals surface area (Å²) in [6, 6.07) is 16.1. The fourth-order valence-corrected chi connectivity index (χ4v) is 7.05. The van der Waals surface area contributed by atoms with Crippen LogP contribution in [0.5, 0.6) is 0 Å². The molecule has 11 heteroatoms. The van der Waals surface area contributed by atoms with Crippen molar-refractivity contribution in [2.45, 2.75) is 102 Å². The van der Waals surface area contributed by atoms with Gasteiger partial charge >= 0.3 is 6.41 Å². The van der Waals surface area contributed by atoms with Crippen LogP contribution in [0, 0.1) is 6.92 Å². The molecule has 46 heavy (non-hydrogen) atoms. The lowest BCUT2D eigenvalue weighted by molar-refractivity contribution is -0.120. The van der Waals surface area contributed by atoms with E-state index in [1.54, 1.807) is 0 Å². The summed E-state index contributed by atoms with van der Waals surface area (Å²) in [4.78, 5) is 24.1. The van der Waals surface area contributed by atoms with Gasteiger partial charge in [-0.1, -0.05) is 67.0 Å². The van der Waals surface area contributed by atoms with Crippen LogP contribution in [0.2, 0.25) is 0 Å². The zero-order chi connectivity index (χ0) is 31.8. The average molecular weight is 627 g/mol. The lowest BCUT2D eigenvalue weighted by Gasteiger charge is -2.38. The van der Waals surface area contributed by atoms with Gasteiger partial charge in [0.15, 0.2) is 5.84 Å². The van der Waals surface area contributed by atoms with E-state index in [-0.39, 0.29) is 17.7 Å². The topological polar surface area (TPSA) is 136 Å². The van der Waals surface area contributed by atoms with Crippen molar-refractivity contribution in [2.24, 2.45) is 5.16 Å². The second-order valence-corrected chi connectivity index (χ2v) is 13.0. The lowest BCUT2D eigenvalue weighted by Crippen LogP contribution is -2.43. The normalized spacial score (nSPS) is 22.3. The van der Waals surface area contributed by atoms with Crippen molar-refractivity contribution in [3.8, 4) is 11.1 Å². The number of benzene rings is 2. The zero-order valence-corrected chi connectivity index (χ0v) is 26.5. The quantitative estimate of drug-likeness (QED) is 0.236. The first-order valence-electron chi connectivity index (χ1n) is 16.5. The predicted molar refractivity (Wildman–Crippen MR) is 173 cm³/mol. The van der Waals surface area contributed by atoms with Crippen LogP contribution in [0.25, 0.3) is 16.9 Å². The van der Waals surface area contributed by atoms with Gasteiger partial charge in [0.2, 0.25) is 5.78 Å². The van der Waals surface area contributed by atoms with Gasteiger partial charge in [0.1, 0.15) is 5.82 Å². The molecule has 1 unspecified atom stereocenters. The predicted octanol–water partition coefficient (Wildman–Crippen LogP) is 4.38. The number of aryl methyl sites for hydroxylation is 2. The van der Waals surface area contributed by atoms with E-state index in [1.807, 2.05) is 40.3 Å². The van der Waals surface area contributed by atoms with E-state index in [1.165, 1.54) is 0 Å². The summed E-state index contributed by atoms with van der Waals surface area (Å²) in [6.45, 7) is 4.40. The van der Waals surface area contributed by atoms with Gasteiger partial charge in [-0.3, -0.25) is 9.36 Å². The Balaban J connectivity index is 1.17. The van der Waals surface area contributed by atoms with Crippen molar-refractivity contribution in [3.63, 3.8) is 0 Å². The number of rotatable bonds is 10. The van der Waals surface area contributed by atoms with E-state index in [9.17, 15) is 15.0 Å². The SMILES string of the molecule is CCCc1c(Cc2ccc(-c3ccccc3C3=NOC(O)N3)cc2)c(=O)n([C@H]2CC[C@H](OCC3(O)CCC3)CC2)c2nc(C)nn12. The fourth-order valence-electron chi connectivity index (χ4n) is 7.05. The van der Waals surface area contributed by atoms with Crippen LogP contribution in [0.4, 0.5) is 0 Å². The summed E-state index contributed by atoms with van der Waals surface area (Å²) in [7, 11) is 0. The summed E-state index contributed by atoms with van der Waals surface area (Å²) in [5.41, 5.74) is 4.83. The Morgan fingerprint density at radius 3 is 2.46 bits per heavy atom. The molecule has 2 saturated carbocycles. The number of amidine groups is 1. The minimum absolute atomic E-state index is 0.00755. The van der Waals surface area contributed by atoms with Crippen LogP contribution < -0.4 is 10.9 Å². The number of aliphatic hydroxyl groups is 2. The minimum atomic E-state index is -1.16. The Morgan fingerprint density at radius 1 is 1.07 bits per heavy atom. The highest BCUT2D eigenvalue weighted by atomic mass is 16.7. The number of ether oxygens (including phenoxy) is 1. The van der Waals surface area contributed by atoms with Gasteiger partial charge in [0.25, 0.3) is 5.56 Å². The molecule has 3 heterocycles. The van der Waals surface area contributed by atoms with Crippen molar-refractivity contribution < 1.29 is 19.8 Å². The summed E-state index contributed by atoms with van der Waals surface area (Å²) in [5.74, 6) is 1.74. The van der Waals surface area contributed by atoms with Gasteiger partial charge in [-0.25, -0.2) is 4.52 Å². The first-order valence-corrected chi connectivity index (χ1v) is 16.5. The number of hydrogen-bond donors (Lipinski definition) is 3. The molecule has 0 amide bonds. The maximum absolute atomic E-state index is 14.4. The molecule has 7 rings (SSSR count). The Kier molecular flexibility index (Phi) is 8.39. The van der Waals surface area contributed by atoms with Crippen LogP contribution >= 0.6 is 0 Å². The number of nitrogens with one attached hydrogen (secondary N) is 1. The highest BCUT2D eigenvalue weighted by Crippen LogP contribution is 2.35. The van der Waals surface area contributed by atoms with Gasteiger partial charge in [-0.2, -0.15) is 10.1 Å². The largest absolute Gasteiger partial charge is 0.387 e. The third-order valence-electron chi connectivity index (χ3n) is 9.69. The Bertz CT molecular complexity index is 1800. The van der Waals surface area contributed by atoms with Crippen LogP contribution in [0.15, 0.2) is 58.5 Å². The lowest BCUT2D eigenvalue weighted by atomic mass is 9.81. The maximum atomic E-state index is 14.4. The summed E-state index contributed by atoms with van der Waals surface area (Å²) >= 11 is 0. The number of fused-ring (bicyclic) bond motifs is 1. The molecule has 1 atom stereocenters. The van der Waals surface area contributed by atoms with Gasteiger partial charge in [0.05, 0.1) is 24.0 Å². The molecule has 0 radical (unpaired) electrons. The van der Waals surface area contributed by atoms with Crippen molar-refractivity contribution in [1.82, 2.24) is 24.5 Å². The average Bonchev–Trinajstić information content (AvgIpc) is 3.66. The number of hydrogen-bond acceptors (Lipinski definition) is 9. The van der Waals surface area contributed by atoms with Crippen molar-refractivity contribution >= 4 is 11.6 Å². The molecule has 2 aromatic heterocycles. The molecule has 2 fully saturated rings. The number of oxime groups is 1.